The minimum Gasteiger partial charge on any atom is -0.339 e. The SMILES string of the molecule is C[C@H](NC(=O)c1cc(C2CC2)nn1C)c1nc(-c2ccc(Cl)cc2)no1. The predicted octanol–water partition coefficient (Wildman–Crippen LogP) is 3.49. The maximum absolute atomic E-state index is 12.5. The van der Waals surface area contributed by atoms with E-state index in [1.807, 2.05) is 18.2 Å². The van der Waals surface area contributed by atoms with Gasteiger partial charge in [-0.25, -0.2) is 0 Å². The van der Waals surface area contributed by atoms with Gasteiger partial charge in [0.15, 0.2) is 0 Å². The molecular formula is C18H18ClN5O2. The molecule has 0 aliphatic heterocycles. The van der Waals surface area contributed by atoms with Crippen LogP contribution in [0.25, 0.3) is 11.4 Å². The molecule has 1 aliphatic carbocycles. The zero-order chi connectivity index (χ0) is 18.3. The van der Waals surface area contributed by atoms with Gasteiger partial charge in [-0.15, -0.1) is 0 Å². The van der Waals surface area contributed by atoms with Crippen LogP contribution in [0.1, 0.15) is 53.8 Å². The molecule has 0 radical (unpaired) electrons. The summed E-state index contributed by atoms with van der Waals surface area (Å²) in [5.74, 6) is 1.07. The molecule has 2 heterocycles. The van der Waals surface area contributed by atoms with Crippen molar-refractivity contribution in [1.82, 2.24) is 25.2 Å². The molecule has 8 heteroatoms. The summed E-state index contributed by atoms with van der Waals surface area (Å²) < 4.78 is 6.91. The van der Waals surface area contributed by atoms with E-state index in [9.17, 15) is 4.79 Å². The highest BCUT2D eigenvalue weighted by atomic mass is 35.5. The maximum atomic E-state index is 12.5. The monoisotopic (exact) mass is 371 g/mol. The Hall–Kier alpha value is -2.67. The first-order chi connectivity index (χ1) is 12.5. The molecule has 134 valence electrons. The number of amides is 1. The number of carbonyl (C=O) groups excluding carboxylic acids is 1. The van der Waals surface area contributed by atoms with Crippen LogP contribution in [0.2, 0.25) is 5.02 Å². The predicted molar refractivity (Wildman–Crippen MR) is 95.8 cm³/mol. The molecular weight excluding hydrogens is 354 g/mol. The molecule has 26 heavy (non-hydrogen) atoms. The van der Waals surface area contributed by atoms with Gasteiger partial charge in [-0.05, 0) is 50.1 Å². The summed E-state index contributed by atoms with van der Waals surface area (Å²) in [5.41, 5.74) is 2.30. The second-order valence-corrected chi connectivity index (χ2v) is 6.95. The molecule has 1 N–H and O–H groups in total. The van der Waals surface area contributed by atoms with Crippen LogP contribution in [0, 0.1) is 0 Å². The summed E-state index contributed by atoms with van der Waals surface area (Å²) in [7, 11) is 1.77. The van der Waals surface area contributed by atoms with E-state index in [0.717, 1.165) is 24.1 Å². The molecule has 1 fully saturated rings. The van der Waals surface area contributed by atoms with Crippen LogP contribution in [-0.4, -0.2) is 25.8 Å². The minimum atomic E-state index is -0.421. The third-order valence-electron chi connectivity index (χ3n) is 4.39. The van der Waals surface area contributed by atoms with E-state index in [0.29, 0.717) is 28.3 Å². The molecule has 1 amide bonds. The van der Waals surface area contributed by atoms with E-state index < -0.39 is 6.04 Å². The van der Waals surface area contributed by atoms with Crippen molar-refractivity contribution < 1.29 is 9.32 Å². The van der Waals surface area contributed by atoms with Crippen LogP contribution in [-0.2, 0) is 7.05 Å². The van der Waals surface area contributed by atoms with E-state index in [2.05, 4.69) is 20.6 Å². The normalized spacial score (nSPS) is 15.0. The van der Waals surface area contributed by atoms with Crippen molar-refractivity contribution in [2.45, 2.75) is 31.7 Å². The van der Waals surface area contributed by atoms with Crippen molar-refractivity contribution in [3.05, 3.63) is 52.6 Å². The van der Waals surface area contributed by atoms with Gasteiger partial charge in [0.1, 0.15) is 11.7 Å². The number of hydrogen-bond acceptors (Lipinski definition) is 5. The number of aromatic nitrogens is 4. The summed E-state index contributed by atoms with van der Waals surface area (Å²) in [4.78, 5) is 16.9. The van der Waals surface area contributed by atoms with Gasteiger partial charge in [0.25, 0.3) is 5.91 Å². The molecule has 2 aromatic heterocycles. The van der Waals surface area contributed by atoms with E-state index in [4.69, 9.17) is 16.1 Å². The third kappa shape index (κ3) is 3.35. The van der Waals surface area contributed by atoms with Crippen LogP contribution in [0.3, 0.4) is 0 Å². The highest BCUT2D eigenvalue weighted by Gasteiger charge is 2.28. The Kier molecular flexibility index (Phi) is 4.24. The van der Waals surface area contributed by atoms with Crippen molar-refractivity contribution in [3.63, 3.8) is 0 Å². The van der Waals surface area contributed by atoms with Crippen molar-refractivity contribution in [2.75, 3.05) is 0 Å². The number of aryl methyl sites for hydroxylation is 1. The zero-order valence-electron chi connectivity index (χ0n) is 14.4. The van der Waals surface area contributed by atoms with Gasteiger partial charge in [0.2, 0.25) is 11.7 Å². The Morgan fingerprint density at radius 3 is 2.77 bits per heavy atom. The van der Waals surface area contributed by atoms with Crippen LogP contribution in [0.15, 0.2) is 34.9 Å². The molecule has 0 bridgehead atoms. The lowest BCUT2D eigenvalue weighted by Crippen LogP contribution is -2.28. The fourth-order valence-electron chi connectivity index (χ4n) is 2.74. The molecule has 0 unspecified atom stereocenters. The second kappa shape index (κ2) is 6.57. The molecule has 0 spiro atoms. The molecule has 3 aromatic rings. The lowest BCUT2D eigenvalue weighted by molar-refractivity contribution is 0.0923. The minimum absolute atomic E-state index is 0.217. The van der Waals surface area contributed by atoms with Crippen LogP contribution < -0.4 is 5.32 Å². The van der Waals surface area contributed by atoms with Crippen molar-refractivity contribution in [2.24, 2.45) is 7.05 Å². The lowest BCUT2D eigenvalue weighted by atomic mass is 10.2. The van der Waals surface area contributed by atoms with Crippen molar-refractivity contribution in [3.8, 4) is 11.4 Å². The van der Waals surface area contributed by atoms with Gasteiger partial charge in [-0.3, -0.25) is 9.48 Å². The average molecular weight is 372 g/mol. The number of rotatable bonds is 5. The lowest BCUT2D eigenvalue weighted by Gasteiger charge is -2.09. The topological polar surface area (TPSA) is 85.8 Å². The zero-order valence-corrected chi connectivity index (χ0v) is 15.2. The first kappa shape index (κ1) is 16.8. The largest absolute Gasteiger partial charge is 0.339 e. The fraction of sp³-hybridized carbons (Fsp3) is 0.333. The maximum Gasteiger partial charge on any atom is 0.270 e. The van der Waals surface area contributed by atoms with E-state index in [1.54, 1.807) is 30.8 Å². The van der Waals surface area contributed by atoms with Gasteiger partial charge >= 0.3 is 0 Å². The molecule has 7 nitrogen and oxygen atoms in total. The highest BCUT2D eigenvalue weighted by molar-refractivity contribution is 6.30. The number of benzene rings is 1. The summed E-state index contributed by atoms with van der Waals surface area (Å²) >= 11 is 5.89. The standard InChI is InChI=1S/C18H18ClN5O2/c1-10(18-21-16(23-26-18)12-5-7-13(19)8-6-12)20-17(25)15-9-14(11-3-4-11)22-24(15)2/h5-11H,3-4H2,1-2H3,(H,20,25)/t10-/m0/s1. The van der Waals surface area contributed by atoms with Gasteiger partial charge < -0.3 is 9.84 Å². The smallest absolute Gasteiger partial charge is 0.270 e. The molecule has 1 aromatic carbocycles. The Labute approximate surface area is 155 Å². The van der Waals surface area contributed by atoms with E-state index in [1.165, 1.54) is 0 Å². The summed E-state index contributed by atoms with van der Waals surface area (Å²) in [6.07, 6.45) is 2.29. The molecule has 1 atom stereocenters. The first-order valence-electron chi connectivity index (χ1n) is 8.45. The fourth-order valence-corrected chi connectivity index (χ4v) is 2.87. The summed E-state index contributed by atoms with van der Waals surface area (Å²) in [6, 6.07) is 8.59. The summed E-state index contributed by atoms with van der Waals surface area (Å²) in [5, 5.41) is 11.9. The Balaban J connectivity index is 1.47. The molecule has 4 rings (SSSR count). The van der Waals surface area contributed by atoms with Crippen molar-refractivity contribution >= 4 is 17.5 Å². The number of carbonyl (C=O) groups is 1. The van der Waals surface area contributed by atoms with Crippen LogP contribution in [0.5, 0.6) is 0 Å². The van der Waals surface area contributed by atoms with Gasteiger partial charge in [0, 0.05) is 23.6 Å². The second-order valence-electron chi connectivity index (χ2n) is 6.51. The number of hydrogen-bond donors (Lipinski definition) is 1. The number of nitrogens with zero attached hydrogens (tertiary/aromatic N) is 4. The summed E-state index contributed by atoms with van der Waals surface area (Å²) in [6.45, 7) is 1.80. The Morgan fingerprint density at radius 2 is 2.08 bits per heavy atom. The number of halogens is 1. The van der Waals surface area contributed by atoms with Crippen LogP contribution in [0.4, 0.5) is 0 Å². The number of nitrogens with one attached hydrogen (secondary N) is 1. The highest BCUT2D eigenvalue weighted by Crippen LogP contribution is 2.39. The quantitative estimate of drug-likeness (QED) is 0.741. The van der Waals surface area contributed by atoms with E-state index >= 15 is 0 Å². The average Bonchev–Trinajstić information content (AvgIpc) is 3.21. The first-order valence-corrected chi connectivity index (χ1v) is 8.83. The van der Waals surface area contributed by atoms with Crippen LogP contribution >= 0.6 is 11.6 Å². The van der Waals surface area contributed by atoms with Gasteiger partial charge in [-0.2, -0.15) is 10.1 Å². The molecule has 0 saturated heterocycles. The van der Waals surface area contributed by atoms with Crippen molar-refractivity contribution in [1.29, 1.82) is 0 Å². The Morgan fingerprint density at radius 1 is 1.35 bits per heavy atom. The third-order valence-corrected chi connectivity index (χ3v) is 4.64. The molecule has 1 aliphatic rings. The Bertz CT molecular complexity index is 943. The van der Waals surface area contributed by atoms with E-state index in [-0.39, 0.29) is 5.91 Å². The molecule has 1 saturated carbocycles. The van der Waals surface area contributed by atoms with Gasteiger partial charge in [0.05, 0.1) is 5.69 Å². The van der Waals surface area contributed by atoms with Gasteiger partial charge in [-0.1, -0.05) is 16.8 Å².